The van der Waals surface area contributed by atoms with Gasteiger partial charge in [0, 0.05) is 25.8 Å². The number of hydrogen-bond donors (Lipinski definition) is 0. The van der Waals surface area contributed by atoms with Gasteiger partial charge in [-0.25, -0.2) is 17.7 Å². The maximum Gasteiger partial charge on any atom is 0 e. The summed E-state index contributed by atoms with van der Waals surface area (Å²) in [6, 6.07) is 33.9. The van der Waals surface area contributed by atoms with Gasteiger partial charge in [0.25, 0.3) is 0 Å². The summed E-state index contributed by atoms with van der Waals surface area (Å²) in [5, 5.41) is 2.71. The van der Waals surface area contributed by atoms with E-state index >= 15 is 0 Å². The van der Waals surface area contributed by atoms with Gasteiger partial charge in [0.15, 0.2) is 0 Å². The summed E-state index contributed by atoms with van der Waals surface area (Å²) >= 11 is 0. The summed E-state index contributed by atoms with van der Waals surface area (Å²) < 4.78 is 0. The van der Waals surface area contributed by atoms with E-state index in [4.69, 9.17) is 0 Å². The molecule has 4 aromatic rings. The Bertz CT molecular complexity index is 978. The van der Waals surface area contributed by atoms with Gasteiger partial charge in [0.2, 0.25) is 0 Å². The van der Waals surface area contributed by atoms with E-state index < -0.39 is 0 Å². The van der Waals surface area contributed by atoms with Gasteiger partial charge in [0.1, 0.15) is 0 Å². The van der Waals surface area contributed by atoms with Crippen LogP contribution in [-0.2, 0) is 38.7 Å². The third-order valence-corrected chi connectivity index (χ3v) is 4.87. The molecule has 0 bridgehead atoms. The summed E-state index contributed by atoms with van der Waals surface area (Å²) in [5.41, 5.74) is 5.66. The van der Waals surface area contributed by atoms with Gasteiger partial charge >= 0.3 is 0 Å². The molecule has 0 aliphatic heterocycles. The number of aryl methyl sites for hydroxylation is 1. The molecule has 0 saturated carbocycles. The molecule has 0 atom stereocenters. The normalized spacial score (nSPS) is 9.35. The molecule has 0 aromatic heterocycles. The fourth-order valence-corrected chi connectivity index (χ4v) is 3.56. The molecule has 0 spiro atoms. The van der Waals surface area contributed by atoms with Crippen LogP contribution in [0.15, 0.2) is 97.1 Å². The van der Waals surface area contributed by atoms with Crippen LogP contribution in [-0.4, -0.2) is 0 Å². The number of rotatable bonds is 3. The molecule has 0 fully saturated rings. The van der Waals surface area contributed by atoms with Crippen molar-refractivity contribution in [3.63, 3.8) is 0 Å². The van der Waals surface area contributed by atoms with Gasteiger partial charge in [-0.2, -0.15) is 23.8 Å². The van der Waals surface area contributed by atoms with Crippen LogP contribution in [0.1, 0.15) is 23.1 Å². The standard InChI is InChI=1S/C21H17.C5H5.7CH3.Hf/c1-2-6-16(7-3-1)10-11-18-14-15-19-13-12-17-8-4-5-9-20(17)21(18)19;1-2-4-5-3-1;;;;;;;;/h1-9,12-13H,10-11,15H2;1-5H;7*1H3;/q9*-1;. The zero-order valence-electron chi connectivity index (χ0n) is 22.4. The second-order valence-electron chi connectivity index (χ2n) is 6.60. The van der Waals surface area contributed by atoms with Crippen molar-refractivity contribution in [2.75, 3.05) is 0 Å². The quantitative estimate of drug-likeness (QED) is 0.159. The van der Waals surface area contributed by atoms with Gasteiger partial charge in [-0.3, -0.25) is 6.08 Å². The Hall–Kier alpha value is -2.12. The summed E-state index contributed by atoms with van der Waals surface area (Å²) in [6.07, 6.45) is 6.73. The molecule has 0 radical (unpaired) electrons. The van der Waals surface area contributed by atoms with Gasteiger partial charge < -0.3 is 52.0 Å². The summed E-state index contributed by atoms with van der Waals surface area (Å²) in [6.45, 7) is 0. The van der Waals surface area contributed by atoms with Crippen molar-refractivity contribution in [2.24, 2.45) is 0 Å². The topological polar surface area (TPSA) is 0 Å². The average Bonchev–Trinajstić information content (AvgIpc) is 3.40. The smallest absolute Gasteiger partial charge is 0 e. The third kappa shape index (κ3) is 10.4. The first-order valence-corrected chi connectivity index (χ1v) is 9.23. The molecule has 0 unspecified atom stereocenters. The van der Waals surface area contributed by atoms with E-state index in [1.54, 1.807) is 0 Å². The molecule has 0 amide bonds. The SMILES string of the molecule is [C-]1=C(CCc2ccccc2)c2c(ccc3ccccc23)C1.[CH3-].[CH3-].[CH3-].[CH3-].[CH3-].[CH3-].[CH3-].[Hf].c1cc[cH-]c1. The zero-order chi connectivity index (χ0) is 17.6. The van der Waals surface area contributed by atoms with E-state index in [-0.39, 0.29) is 77.8 Å². The minimum Gasteiger partial charge on any atom is -0.358 e. The number of fused-ring (bicyclic) bond motifs is 3. The van der Waals surface area contributed by atoms with E-state index in [2.05, 4.69) is 72.8 Å². The van der Waals surface area contributed by atoms with Crippen LogP contribution in [0, 0.1) is 58.1 Å². The van der Waals surface area contributed by atoms with Crippen LogP contribution in [0.25, 0.3) is 16.3 Å². The third-order valence-electron chi connectivity index (χ3n) is 4.87. The van der Waals surface area contributed by atoms with Crippen LogP contribution < -0.4 is 0 Å². The van der Waals surface area contributed by atoms with E-state index in [1.165, 1.54) is 33.0 Å². The van der Waals surface area contributed by atoms with E-state index in [0.717, 1.165) is 19.3 Å². The van der Waals surface area contributed by atoms with Crippen LogP contribution >= 0.6 is 0 Å². The molecular formula is C33H43Hf-9. The largest absolute Gasteiger partial charge is 0.358 e. The first-order valence-electron chi connectivity index (χ1n) is 9.23. The van der Waals surface area contributed by atoms with Crippen LogP contribution in [0.3, 0.4) is 0 Å². The number of allylic oxidation sites excluding steroid dienone is 2. The minimum atomic E-state index is 0. The Morgan fingerprint density at radius 3 is 1.79 bits per heavy atom. The molecule has 5 rings (SSSR count). The molecule has 4 aromatic carbocycles. The van der Waals surface area contributed by atoms with E-state index in [0.29, 0.717) is 0 Å². The van der Waals surface area contributed by atoms with Crippen molar-refractivity contribution in [1.29, 1.82) is 0 Å². The van der Waals surface area contributed by atoms with Crippen molar-refractivity contribution >= 4 is 16.3 Å². The minimum absolute atomic E-state index is 0. The number of benzene rings is 3. The molecule has 0 N–H and O–H groups in total. The Labute approximate surface area is 232 Å². The van der Waals surface area contributed by atoms with Crippen molar-refractivity contribution in [3.8, 4) is 0 Å². The van der Waals surface area contributed by atoms with Gasteiger partial charge in [-0.05, 0) is 17.4 Å². The van der Waals surface area contributed by atoms with Crippen molar-refractivity contribution < 1.29 is 25.8 Å². The van der Waals surface area contributed by atoms with Gasteiger partial charge in [-0.1, -0.05) is 78.5 Å². The summed E-state index contributed by atoms with van der Waals surface area (Å²) in [5.74, 6) is 0. The Balaban J connectivity index is -0.000000195. The number of hydrogen-bond acceptors (Lipinski definition) is 0. The molecule has 34 heavy (non-hydrogen) atoms. The monoisotopic (exact) mass is 619 g/mol. The molecule has 1 aliphatic carbocycles. The summed E-state index contributed by atoms with van der Waals surface area (Å²) in [4.78, 5) is 0. The molecule has 0 saturated heterocycles. The van der Waals surface area contributed by atoms with Gasteiger partial charge in [-0.15, -0.1) is 12.0 Å². The predicted octanol–water partition coefficient (Wildman–Crippen LogP) is 9.77. The molecular weight excluding hydrogens is 575 g/mol. The van der Waals surface area contributed by atoms with Crippen LogP contribution in [0.5, 0.6) is 0 Å². The Morgan fingerprint density at radius 2 is 1.21 bits per heavy atom. The van der Waals surface area contributed by atoms with Crippen LogP contribution in [0.2, 0.25) is 0 Å². The maximum atomic E-state index is 3.60. The zero-order valence-corrected chi connectivity index (χ0v) is 26.0. The average molecular weight is 618 g/mol. The van der Waals surface area contributed by atoms with Crippen LogP contribution in [0.4, 0.5) is 0 Å². The summed E-state index contributed by atoms with van der Waals surface area (Å²) in [7, 11) is 0. The fourth-order valence-electron chi connectivity index (χ4n) is 3.56. The molecule has 188 valence electrons. The van der Waals surface area contributed by atoms with E-state index in [9.17, 15) is 0 Å². The Morgan fingerprint density at radius 1 is 0.618 bits per heavy atom. The maximum absolute atomic E-state index is 3.60. The van der Waals surface area contributed by atoms with Crippen molar-refractivity contribution in [3.05, 3.63) is 172 Å². The second-order valence-corrected chi connectivity index (χ2v) is 6.60. The second kappa shape index (κ2) is 21.4. The van der Waals surface area contributed by atoms with Gasteiger partial charge in [0.05, 0.1) is 0 Å². The Kier molecular flexibility index (Phi) is 26.5. The van der Waals surface area contributed by atoms with Crippen molar-refractivity contribution in [2.45, 2.75) is 19.3 Å². The predicted molar refractivity (Wildman–Crippen MR) is 156 cm³/mol. The van der Waals surface area contributed by atoms with E-state index in [1.807, 2.05) is 30.3 Å². The molecule has 1 heteroatoms. The first kappa shape index (κ1) is 42.1. The fraction of sp³-hybridized carbons (Fsp3) is 0.0909. The molecule has 0 nitrogen and oxygen atoms in total. The molecule has 0 heterocycles. The first-order chi connectivity index (χ1) is 12.9. The molecule has 1 aliphatic rings. The van der Waals surface area contributed by atoms with Crippen molar-refractivity contribution in [1.82, 2.24) is 0 Å².